The van der Waals surface area contributed by atoms with Crippen LogP contribution in [0.5, 0.6) is 0 Å². The van der Waals surface area contributed by atoms with Crippen LogP contribution in [0.1, 0.15) is 24.7 Å². The molecule has 1 amide bonds. The van der Waals surface area contributed by atoms with Crippen molar-refractivity contribution in [3.63, 3.8) is 0 Å². The Hall–Kier alpha value is -1.58. The molecule has 10 heteroatoms. The zero-order valence-electron chi connectivity index (χ0n) is 14.8. The van der Waals surface area contributed by atoms with Crippen LogP contribution in [0, 0.1) is 5.92 Å². The molecule has 2 aromatic rings. The second-order valence-electron chi connectivity index (χ2n) is 6.53. The topological polar surface area (TPSA) is 99.8 Å². The predicted molar refractivity (Wildman–Crippen MR) is 105 cm³/mol. The lowest BCUT2D eigenvalue weighted by Gasteiger charge is -2.31. The van der Waals surface area contributed by atoms with Crippen LogP contribution in [-0.2, 0) is 14.8 Å². The molecule has 152 valence electrons. The van der Waals surface area contributed by atoms with Gasteiger partial charge in [0, 0.05) is 24.0 Å². The highest BCUT2D eigenvalue weighted by Gasteiger charge is 2.33. The molecule has 2 heterocycles. The van der Waals surface area contributed by atoms with E-state index < -0.39 is 16.1 Å². The largest absolute Gasteiger partial charge is 0.467 e. The fraction of sp³-hybridized carbons (Fsp3) is 0.389. The van der Waals surface area contributed by atoms with Gasteiger partial charge in [-0.1, -0.05) is 23.2 Å². The number of hydrogen-bond acceptors (Lipinski definition) is 5. The van der Waals surface area contributed by atoms with Crippen LogP contribution in [0.2, 0.25) is 10.0 Å². The number of aliphatic hydroxyl groups is 1. The SMILES string of the molecule is O=C(NCC(O)c1ccco1)C1CCN(S(=O)(=O)c2cc(Cl)ccc2Cl)CC1. The maximum Gasteiger partial charge on any atom is 0.244 e. The van der Waals surface area contributed by atoms with Crippen molar-refractivity contribution in [1.82, 2.24) is 9.62 Å². The van der Waals surface area contributed by atoms with Crippen LogP contribution in [0.4, 0.5) is 0 Å². The Kier molecular flexibility index (Phi) is 6.67. The van der Waals surface area contributed by atoms with E-state index in [1.807, 2.05) is 0 Å². The van der Waals surface area contributed by atoms with E-state index in [1.165, 1.54) is 28.8 Å². The number of carbonyl (C=O) groups excluding carboxylic acids is 1. The van der Waals surface area contributed by atoms with Crippen molar-refractivity contribution in [1.29, 1.82) is 0 Å². The second kappa shape index (κ2) is 8.84. The Labute approximate surface area is 173 Å². The highest BCUT2D eigenvalue weighted by Crippen LogP contribution is 2.30. The Morgan fingerprint density at radius 3 is 2.64 bits per heavy atom. The quantitative estimate of drug-likeness (QED) is 0.710. The summed E-state index contributed by atoms with van der Waals surface area (Å²) in [7, 11) is -3.79. The van der Waals surface area contributed by atoms with Crippen molar-refractivity contribution in [3.8, 4) is 0 Å². The molecule has 1 aliphatic heterocycles. The van der Waals surface area contributed by atoms with Gasteiger partial charge in [-0.05, 0) is 43.2 Å². The fourth-order valence-corrected chi connectivity index (χ4v) is 5.30. The molecule has 0 radical (unpaired) electrons. The molecule has 7 nitrogen and oxygen atoms in total. The van der Waals surface area contributed by atoms with Crippen molar-refractivity contribution in [3.05, 3.63) is 52.4 Å². The molecule has 0 spiro atoms. The first kappa shape index (κ1) is 21.1. The third-order valence-electron chi connectivity index (χ3n) is 4.68. The van der Waals surface area contributed by atoms with Gasteiger partial charge in [-0.2, -0.15) is 4.31 Å². The number of aliphatic hydroxyl groups excluding tert-OH is 1. The van der Waals surface area contributed by atoms with Crippen LogP contribution >= 0.6 is 23.2 Å². The van der Waals surface area contributed by atoms with Gasteiger partial charge in [0.2, 0.25) is 15.9 Å². The average molecular weight is 447 g/mol. The van der Waals surface area contributed by atoms with E-state index in [-0.39, 0.29) is 46.4 Å². The summed E-state index contributed by atoms with van der Waals surface area (Å²) < 4.78 is 32.0. The minimum atomic E-state index is -3.79. The molecule has 2 N–H and O–H groups in total. The minimum Gasteiger partial charge on any atom is -0.467 e. The van der Waals surface area contributed by atoms with Gasteiger partial charge in [-0.25, -0.2) is 8.42 Å². The molecule has 0 bridgehead atoms. The number of hydrogen-bond donors (Lipinski definition) is 2. The number of rotatable bonds is 6. The van der Waals surface area contributed by atoms with Crippen molar-refractivity contribution in [2.24, 2.45) is 5.92 Å². The first-order valence-electron chi connectivity index (χ1n) is 8.73. The Bertz CT molecular complexity index is 925. The van der Waals surface area contributed by atoms with Gasteiger partial charge in [-0.3, -0.25) is 4.79 Å². The molecule has 1 saturated heterocycles. The number of amides is 1. The Morgan fingerprint density at radius 2 is 2.00 bits per heavy atom. The lowest BCUT2D eigenvalue weighted by Crippen LogP contribution is -2.43. The van der Waals surface area contributed by atoms with Crippen LogP contribution in [0.3, 0.4) is 0 Å². The lowest BCUT2D eigenvalue weighted by atomic mass is 9.97. The van der Waals surface area contributed by atoms with E-state index in [2.05, 4.69) is 5.32 Å². The standard InChI is InChI=1S/C18H20Cl2N2O5S/c19-13-3-4-14(20)17(10-13)28(25,26)22-7-5-12(6-8-22)18(24)21-11-15(23)16-2-1-9-27-16/h1-4,9-10,12,15,23H,5-8,11H2,(H,21,24). The van der Waals surface area contributed by atoms with E-state index in [4.69, 9.17) is 27.6 Å². The normalized spacial score (nSPS) is 17.4. The van der Waals surface area contributed by atoms with Gasteiger partial charge in [0.15, 0.2) is 0 Å². The summed E-state index contributed by atoms with van der Waals surface area (Å²) in [5.74, 6) is -0.173. The van der Waals surface area contributed by atoms with E-state index in [9.17, 15) is 18.3 Å². The molecule has 1 fully saturated rings. The maximum absolute atomic E-state index is 12.8. The highest BCUT2D eigenvalue weighted by molar-refractivity contribution is 7.89. The number of carbonyl (C=O) groups is 1. The van der Waals surface area contributed by atoms with Gasteiger partial charge < -0.3 is 14.8 Å². The van der Waals surface area contributed by atoms with Crippen LogP contribution in [-0.4, -0.2) is 43.4 Å². The Balaban J connectivity index is 1.56. The summed E-state index contributed by atoms with van der Waals surface area (Å²) in [6.45, 7) is 0.428. The van der Waals surface area contributed by atoms with Crippen LogP contribution in [0.15, 0.2) is 45.9 Å². The van der Waals surface area contributed by atoms with Gasteiger partial charge in [-0.15, -0.1) is 0 Å². The van der Waals surface area contributed by atoms with E-state index in [1.54, 1.807) is 12.1 Å². The number of sulfonamides is 1. The average Bonchev–Trinajstić information content (AvgIpc) is 3.22. The van der Waals surface area contributed by atoms with Gasteiger partial charge in [0.05, 0.1) is 17.8 Å². The van der Waals surface area contributed by atoms with Crippen LogP contribution in [0.25, 0.3) is 0 Å². The second-order valence-corrected chi connectivity index (χ2v) is 9.28. The highest BCUT2D eigenvalue weighted by atomic mass is 35.5. The number of piperidine rings is 1. The summed E-state index contributed by atoms with van der Waals surface area (Å²) in [5.41, 5.74) is 0. The summed E-state index contributed by atoms with van der Waals surface area (Å²) >= 11 is 11.9. The lowest BCUT2D eigenvalue weighted by molar-refractivity contribution is -0.126. The molecule has 0 aliphatic carbocycles. The molecule has 1 aromatic carbocycles. The third kappa shape index (κ3) is 4.69. The van der Waals surface area contributed by atoms with Gasteiger partial charge in [0.1, 0.15) is 16.8 Å². The molecule has 1 unspecified atom stereocenters. The molecular weight excluding hydrogens is 427 g/mol. The first-order valence-corrected chi connectivity index (χ1v) is 10.9. The van der Waals surface area contributed by atoms with Crippen molar-refractivity contribution >= 4 is 39.1 Å². The number of halogens is 2. The predicted octanol–water partition coefficient (Wildman–Crippen LogP) is 2.84. The summed E-state index contributed by atoms with van der Waals surface area (Å²) in [6.07, 6.45) is 1.27. The molecule has 3 rings (SSSR count). The number of benzene rings is 1. The zero-order valence-corrected chi connectivity index (χ0v) is 17.2. The zero-order chi connectivity index (χ0) is 20.3. The number of furan rings is 1. The van der Waals surface area contributed by atoms with Crippen molar-refractivity contribution in [2.75, 3.05) is 19.6 Å². The first-order chi connectivity index (χ1) is 13.3. The number of nitrogens with one attached hydrogen (secondary N) is 1. The van der Waals surface area contributed by atoms with Gasteiger partial charge >= 0.3 is 0 Å². The molecule has 28 heavy (non-hydrogen) atoms. The molecule has 1 aromatic heterocycles. The summed E-state index contributed by atoms with van der Waals surface area (Å²) in [4.78, 5) is 12.3. The monoisotopic (exact) mass is 446 g/mol. The Morgan fingerprint density at radius 1 is 1.29 bits per heavy atom. The minimum absolute atomic E-state index is 0.0307. The van der Waals surface area contributed by atoms with Crippen molar-refractivity contribution < 1.29 is 22.7 Å². The van der Waals surface area contributed by atoms with E-state index >= 15 is 0 Å². The number of nitrogens with zero attached hydrogens (tertiary/aromatic N) is 1. The van der Waals surface area contributed by atoms with Crippen molar-refractivity contribution in [2.45, 2.75) is 23.8 Å². The smallest absolute Gasteiger partial charge is 0.244 e. The third-order valence-corrected chi connectivity index (χ3v) is 7.29. The molecule has 1 aliphatic rings. The summed E-state index contributed by atoms with van der Waals surface area (Å²) in [5, 5.41) is 13.0. The fourth-order valence-electron chi connectivity index (χ4n) is 3.10. The summed E-state index contributed by atoms with van der Waals surface area (Å²) in [6, 6.07) is 7.58. The van der Waals surface area contributed by atoms with Gasteiger partial charge in [0.25, 0.3) is 0 Å². The van der Waals surface area contributed by atoms with E-state index in [0.29, 0.717) is 18.6 Å². The maximum atomic E-state index is 12.8. The molecule has 1 atom stereocenters. The molecular formula is C18H20Cl2N2O5S. The van der Waals surface area contributed by atoms with E-state index in [0.717, 1.165) is 0 Å². The molecule has 0 saturated carbocycles. The van der Waals surface area contributed by atoms with Crippen LogP contribution < -0.4 is 5.32 Å².